The van der Waals surface area contributed by atoms with Gasteiger partial charge in [0.15, 0.2) is 12.0 Å². The maximum Gasteiger partial charge on any atom is 0.301 e. The highest BCUT2D eigenvalue weighted by Gasteiger charge is 2.17. The number of hydrogen-bond donors (Lipinski definition) is 0. The molecule has 0 N–H and O–H groups in total. The average molecular weight is 182 g/mol. The number of nitro groups is 1. The molecule has 1 heterocycles. The lowest BCUT2D eigenvalue weighted by atomic mass is 10.2. The highest BCUT2D eigenvalue weighted by atomic mass is 16.6. The zero-order valence-electron chi connectivity index (χ0n) is 6.76. The molecule has 1 aromatic heterocycles. The van der Waals surface area contributed by atoms with E-state index in [9.17, 15) is 14.9 Å². The number of aldehydes is 1. The van der Waals surface area contributed by atoms with E-state index < -0.39 is 4.92 Å². The van der Waals surface area contributed by atoms with E-state index in [1.54, 1.807) is 0 Å². The number of methoxy groups -OCH3 is 1. The Hall–Kier alpha value is -1.98. The minimum Gasteiger partial charge on any atom is -0.494 e. The minimum atomic E-state index is -0.681. The van der Waals surface area contributed by atoms with Crippen molar-refractivity contribution in [2.75, 3.05) is 7.11 Å². The summed E-state index contributed by atoms with van der Waals surface area (Å²) in [7, 11) is 1.31. The molecule has 0 atom stereocenters. The zero-order chi connectivity index (χ0) is 9.84. The van der Waals surface area contributed by atoms with Crippen molar-refractivity contribution in [3.8, 4) is 5.75 Å². The smallest absolute Gasteiger partial charge is 0.301 e. The van der Waals surface area contributed by atoms with Gasteiger partial charge < -0.3 is 4.74 Å². The SMILES string of the molecule is COc1cncc([N+](=O)[O-])c1C=O. The van der Waals surface area contributed by atoms with Crippen LogP contribution in [0.4, 0.5) is 5.69 Å². The fraction of sp³-hybridized carbons (Fsp3) is 0.143. The van der Waals surface area contributed by atoms with E-state index >= 15 is 0 Å². The molecule has 0 bridgehead atoms. The first-order valence-electron chi connectivity index (χ1n) is 3.32. The Morgan fingerprint density at radius 1 is 1.62 bits per heavy atom. The summed E-state index contributed by atoms with van der Waals surface area (Å²) in [5.41, 5.74) is -0.447. The first-order valence-corrected chi connectivity index (χ1v) is 3.32. The molecule has 6 heteroatoms. The fourth-order valence-corrected chi connectivity index (χ4v) is 0.867. The molecule has 0 spiro atoms. The van der Waals surface area contributed by atoms with Gasteiger partial charge in [0, 0.05) is 0 Å². The third-order valence-corrected chi connectivity index (χ3v) is 1.46. The summed E-state index contributed by atoms with van der Waals surface area (Å²) in [4.78, 5) is 23.8. The molecule has 0 aliphatic rings. The molecule has 68 valence electrons. The number of hydrogen-bond acceptors (Lipinski definition) is 5. The summed E-state index contributed by atoms with van der Waals surface area (Å²) in [6, 6.07) is 0. The largest absolute Gasteiger partial charge is 0.494 e. The lowest BCUT2D eigenvalue weighted by molar-refractivity contribution is -0.385. The van der Waals surface area contributed by atoms with Gasteiger partial charge in [-0.2, -0.15) is 0 Å². The number of carbonyl (C=O) groups is 1. The van der Waals surface area contributed by atoms with Crippen molar-refractivity contribution >= 4 is 12.0 Å². The second-order valence-electron chi connectivity index (χ2n) is 2.15. The summed E-state index contributed by atoms with van der Waals surface area (Å²) in [6.45, 7) is 0. The Bertz CT molecular complexity index is 350. The average Bonchev–Trinajstić information content (AvgIpc) is 2.16. The van der Waals surface area contributed by atoms with Gasteiger partial charge in [-0.1, -0.05) is 0 Å². The lowest BCUT2D eigenvalue weighted by Gasteiger charge is -2.01. The van der Waals surface area contributed by atoms with Crippen LogP contribution in [0.2, 0.25) is 0 Å². The van der Waals surface area contributed by atoms with Crippen LogP contribution in [0.1, 0.15) is 10.4 Å². The maximum atomic E-state index is 10.5. The van der Waals surface area contributed by atoms with Gasteiger partial charge in [-0.15, -0.1) is 0 Å². The van der Waals surface area contributed by atoms with E-state index in [2.05, 4.69) is 4.98 Å². The minimum absolute atomic E-state index is 0.0949. The topological polar surface area (TPSA) is 82.3 Å². The van der Waals surface area contributed by atoms with Crippen molar-refractivity contribution < 1.29 is 14.5 Å². The van der Waals surface area contributed by atoms with Crippen LogP contribution in [0.15, 0.2) is 12.4 Å². The quantitative estimate of drug-likeness (QED) is 0.392. The van der Waals surface area contributed by atoms with Gasteiger partial charge >= 0.3 is 5.69 Å². The van der Waals surface area contributed by atoms with Gasteiger partial charge in [0.05, 0.1) is 18.2 Å². The first kappa shape index (κ1) is 9.11. The molecule has 6 nitrogen and oxygen atoms in total. The van der Waals surface area contributed by atoms with E-state index in [0.29, 0.717) is 6.29 Å². The normalized spacial score (nSPS) is 9.31. The van der Waals surface area contributed by atoms with Crippen LogP contribution in [-0.2, 0) is 0 Å². The third kappa shape index (κ3) is 1.61. The predicted octanol–water partition coefficient (Wildman–Crippen LogP) is 0.811. The van der Waals surface area contributed by atoms with Crippen LogP contribution >= 0.6 is 0 Å². The second-order valence-corrected chi connectivity index (χ2v) is 2.15. The van der Waals surface area contributed by atoms with Gasteiger partial charge in [-0.3, -0.25) is 19.9 Å². The van der Waals surface area contributed by atoms with E-state index in [4.69, 9.17) is 4.74 Å². The van der Waals surface area contributed by atoms with E-state index in [1.165, 1.54) is 13.3 Å². The van der Waals surface area contributed by atoms with Crippen LogP contribution in [-0.4, -0.2) is 23.3 Å². The Morgan fingerprint density at radius 2 is 2.31 bits per heavy atom. The molecule has 0 aliphatic heterocycles. The number of carbonyl (C=O) groups excluding carboxylic acids is 1. The van der Waals surface area contributed by atoms with Crippen LogP contribution in [0.5, 0.6) is 5.75 Å². The van der Waals surface area contributed by atoms with Gasteiger partial charge in [0.2, 0.25) is 0 Å². The first-order chi connectivity index (χ1) is 6.20. The number of rotatable bonds is 3. The maximum absolute atomic E-state index is 10.5. The number of pyridine rings is 1. The highest BCUT2D eigenvalue weighted by Crippen LogP contribution is 2.24. The molecule has 0 amide bonds. The standard InChI is InChI=1S/C7H6N2O4/c1-13-7-3-8-2-6(9(11)12)5(7)4-10/h2-4H,1H3. The molecule has 0 unspecified atom stereocenters. The van der Waals surface area contributed by atoms with Gasteiger partial charge in [-0.05, 0) is 0 Å². The number of aromatic nitrogens is 1. The van der Waals surface area contributed by atoms with E-state index in [1.807, 2.05) is 0 Å². The molecule has 0 saturated carbocycles. The molecule has 1 rings (SSSR count). The summed E-state index contributed by atoms with van der Waals surface area (Å²) < 4.78 is 4.73. The van der Waals surface area contributed by atoms with Crippen molar-refractivity contribution in [1.29, 1.82) is 0 Å². The Balaban J connectivity index is 3.35. The molecule has 0 saturated heterocycles. The fourth-order valence-electron chi connectivity index (χ4n) is 0.867. The predicted molar refractivity (Wildman–Crippen MR) is 42.8 cm³/mol. The van der Waals surface area contributed by atoms with Crippen LogP contribution in [0.25, 0.3) is 0 Å². The zero-order valence-corrected chi connectivity index (χ0v) is 6.76. The highest BCUT2D eigenvalue weighted by molar-refractivity contribution is 5.84. The van der Waals surface area contributed by atoms with Crippen molar-refractivity contribution in [3.63, 3.8) is 0 Å². The molecule has 13 heavy (non-hydrogen) atoms. The van der Waals surface area contributed by atoms with Crippen LogP contribution < -0.4 is 4.74 Å². The van der Waals surface area contributed by atoms with Crippen molar-refractivity contribution in [2.45, 2.75) is 0 Å². The summed E-state index contributed by atoms with van der Waals surface area (Å²) in [6.07, 6.45) is 2.63. The van der Waals surface area contributed by atoms with E-state index in [-0.39, 0.29) is 17.0 Å². The second kappa shape index (κ2) is 3.61. The van der Waals surface area contributed by atoms with Crippen molar-refractivity contribution in [1.82, 2.24) is 4.98 Å². The van der Waals surface area contributed by atoms with E-state index in [0.717, 1.165) is 6.20 Å². The Labute approximate surface area is 73.3 Å². The Morgan fingerprint density at radius 3 is 2.77 bits per heavy atom. The molecule has 0 aliphatic carbocycles. The summed E-state index contributed by atoms with van der Waals surface area (Å²) in [5.74, 6) is 0.101. The molecule has 0 radical (unpaired) electrons. The van der Waals surface area contributed by atoms with Gasteiger partial charge in [0.1, 0.15) is 11.8 Å². The summed E-state index contributed by atoms with van der Waals surface area (Å²) >= 11 is 0. The number of ether oxygens (including phenoxy) is 1. The molecular weight excluding hydrogens is 176 g/mol. The van der Waals surface area contributed by atoms with Crippen LogP contribution in [0, 0.1) is 10.1 Å². The monoisotopic (exact) mass is 182 g/mol. The molecule has 1 aromatic rings. The Kier molecular flexibility index (Phi) is 2.53. The van der Waals surface area contributed by atoms with Crippen molar-refractivity contribution in [3.05, 3.63) is 28.1 Å². The molecule has 0 fully saturated rings. The van der Waals surface area contributed by atoms with Crippen molar-refractivity contribution in [2.24, 2.45) is 0 Å². The number of nitrogens with zero attached hydrogens (tertiary/aromatic N) is 2. The summed E-state index contributed by atoms with van der Waals surface area (Å²) in [5, 5.41) is 10.4. The molecular formula is C7H6N2O4. The van der Waals surface area contributed by atoms with Crippen LogP contribution in [0.3, 0.4) is 0 Å². The van der Waals surface area contributed by atoms with Gasteiger partial charge in [-0.25, -0.2) is 0 Å². The van der Waals surface area contributed by atoms with Gasteiger partial charge in [0.25, 0.3) is 0 Å². The molecule has 0 aromatic carbocycles. The third-order valence-electron chi connectivity index (χ3n) is 1.46. The lowest BCUT2D eigenvalue weighted by Crippen LogP contribution is -1.98.